The molecule has 100 valence electrons. The first kappa shape index (κ1) is 14.3. The molecule has 2 rings (SSSR count). The van der Waals surface area contributed by atoms with Gasteiger partial charge in [0.2, 0.25) is 0 Å². The third kappa shape index (κ3) is 3.66. The van der Waals surface area contributed by atoms with Gasteiger partial charge in [-0.25, -0.2) is 0 Å². The minimum Gasteiger partial charge on any atom is -0.457 e. The summed E-state index contributed by atoms with van der Waals surface area (Å²) in [6.07, 6.45) is 0. The monoisotopic (exact) mass is 293 g/mol. The van der Waals surface area contributed by atoms with Crippen molar-refractivity contribution in [3.63, 3.8) is 0 Å². The lowest BCUT2D eigenvalue weighted by atomic mass is 10.2. The molecule has 0 saturated heterocycles. The maximum atomic E-state index is 5.96. The summed E-state index contributed by atoms with van der Waals surface area (Å²) in [5.74, 6) is 2.53. The van der Waals surface area contributed by atoms with E-state index in [4.69, 9.17) is 22.1 Å². The molecule has 0 saturated carbocycles. The minimum atomic E-state index is 0.457. The summed E-state index contributed by atoms with van der Waals surface area (Å²) in [5.41, 5.74) is 6.88. The predicted octanol–water partition coefficient (Wildman–Crippen LogP) is 4.70. The van der Waals surface area contributed by atoms with Crippen LogP contribution in [0.25, 0.3) is 0 Å². The van der Waals surface area contributed by atoms with Crippen LogP contribution in [0.3, 0.4) is 0 Å². The van der Waals surface area contributed by atoms with Gasteiger partial charge in [-0.2, -0.15) is 0 Å². The van der Waals surface area contributed by atoms with Crippen molar-refractivity contribution in [2.24, 2.45) is 5.73 Å². The number of benzene rings is 2. The fraction of sp³-hybridized carbons (Fsp3) is 0.200. The van der Waals surface area contributed by atoms with Gasteiger partial charge in [-0.3, -0.25) is 0 Å². The summed E-state index contributed by atoms with van der Waals surface area (Å²) in [4.78, 5) is 1.17. The van der Waals surface area contributed by atoms with Gasteiger partial charge in [-0.1, -0.05) is 30.7 Å². The van der Waals surface area contributed by atoms with Gasteiger partial charge in [0.25, 0.3) is 0 Å². The molecule has 2 aromatic rings. The van der Waals surface area contributed by atoms with Crippen LogP contribution in [0.1, 0.15) is 12.5 Å². The summed E-state index contributed by atoms with van der Waals surface area (Å²) in [6, 6.07) is 13.3. The predicted molar refractivity (Wildman–Crippen MR) is 82.3 cm³/mol. The highest BCUT2D eigenvalue weighted by molar-refractivity contribution is 7.99. The molecule has 0 fully saturated rings. The van der Waals surface area contributed by atoms with E-state index in [0.29, 0.717) is 11.6 Å². The SMILES string of the molecule is CCSc1cccc(Oc2cccc(Cl)c2)c1CN. The molecule has 2 N–H and O–H groups in total. The molecule has 0 aliphatic heterocycles. The standard InChI is InChI=1S/C15H16ClNOS/c1-2-19-15-8-4-7-14(13(15)10-17)18-12-6-3-5-11(16)9-12/h3-9H,2,10,17H2,1H3. The first-order valence-electron chi connectivity index (χ1n) is 6.12. The quantitative estimate of drug-likeness (QED) is 0.811. The van der Waals surface area contributed by atoms with Crippen molar-refractivity contribution in [1.29, 1.82) is 0 Å². The van der Waals surface area contributed by atoms with Crippen molar-refractivity contribution < 1.29 is 4.74 Å². The fourth-order valence-corrected chi connectivity index (χ4v) is 2.81. The van der Waals surface area contributed by atoms with Gasteiger partial charge in [0.1, 0.15) is 11.5 Å². The van der Waals surface area contributed by atoms with Crippen LogP contribution in [-0.2, 0) is 6.54 Å². The Morgan fingerprint density at radius 2 is 2.00 bits per heavy atom. The molecule has 0 unspecified atom stereocenters. The van der Waals surface area contributed by atoms with E-state index in [1.54, 1.807) is 17.8 Å². The van der Waals surface area contributed by atoms with Crippen LogP contribution in [0, 0.1) is 0 Å². The zero-order valence-electron chi connectivity index (χ0n) is 10.7. The summed E-state index contributed by atoms with van der Waals surface area (Å²) >= 11 is 7.73. The van der Waals surface area contributed by atoms with Gasteiger partial charge in [0, 0.05) is 22.0 Å². The lowest BCUT2D eigenvalue weighted by Crippen LogP contribution is -2.01. The van der Waals surface area contributed by atoms with Gasteiger partial charge >= 0.3 is 0 Å². The zero-order valence-corrected chi connectivity index (χ0v) is 12.3. The first-order chi connectivity index (χ1) is 9.24. The number of thioether (sulfide) groups is 1. The molecule has 2 nitrogen and oxygen atoms in total. The summed E-state index contributed by atoms with van der Waals surface area (Å²) in [7, 11) is 0. The molecule has 0 radical (unpaired) electrons. The van der Waals surface area contributed by atoms with Gasteiger partial charge in [-0.15, -0.1) is 11.8 Å². The van der Waals surface area contributed by atoms with Crippen molar-refractivity contribution >= 4 is 23.4 Å². The van der Waals surface area contributed by atoms with Crippen LogP contribution in [0.5, 0.6) is 11.5 Å². The molecule has 0 bridgehead atoms. The van der Waals surface area contributed by atoms with Crippen LogP contribution >= 0.6 is 23.4 Å². The van der Waals surface area contributed by atoms with Crippen LogP contribution < -0.4 is 10.5 Å². The smallest absolute Gasteiger partial charge is 0.133 e. The van der Waals surface area contributed by atoms with Crippen LogP contribution in [0.4, 0.5) is 0 Å². The lowest BCUT2D eigenvalue weighted by molar-refractivity contribution is 0.474. The summed E-state index contributed by atoms with van der Waals surface area (Å²) < 4.78 is 5.89. The Bertz CT molecular complexity index is 560. The third-order valence-corrected chi connectivity index (χ3v) is 3.84. The molecule has 19 heavy (non-hydrogen) atoms. The van der Waals surface area contributed by atoms with E-state index < -0.39 is 0 Å². The normalized spacial score (nSPS) is 10.5. The van der Waals surface area contributed by atoms with E-state index >= 15 is 0 Å². The summed E-state index contributed by atoms with van der Waals surface area (Å²) in [5, 5.41) is 0.658. The molecule has 0 heterocycles. The Labute approximate surface area is 122 Å². The Morgan fingerprint density at radius 1 is 1.21 bits per heavy atom. The average molecular weight is 294 g/mol. The Morgan fingerprint density at radius 3 is 2.68 bits per heavy atom. The van der Waals surface area contributed by atoms with Crippen molar-refractivity contribution in [2.75, 3.05) is 5.75 Å². The van der Waals surface area contributed by atoms with Gasteiger partial charge in [0.15, 0.2) is 0 Å². The Balaban J connectivity index is 2.31. The number of hydrogen-bond donors (Lipinski definition) is 1. The van der Waals surface area contributed by atoms with E-state index in [0.717, 1.165) is 22.8 Å². The van der Waals surface area contributed by atoms with Gasteiger partial charge in [-0.05, 0) is 36.1 Å². The fourth-order valence-electron chi connectivity index (χ4n) is 1.79. The maximum absolute atomic E-state index is 5.96. The summed E-state index contributed by atoms with van der Waals surface area (Å²) in [6.45, 7) is 2.58. The molecule has 0 aliphatic carbocycles. The second-order valence-corrected chi connectivity index (χ2v) is 5.67. The second-order valence-electron chi connectivity index (χ2n) is 3.93. The minimum absolute atomic E-state index is 0.457. The third-order valence-electron chi connectivity index (χ3n) is 2.62. The molecule has 2 aromatic carbocycles. The van der Waals surface area contributed by atoms with Crippen LogP contribution in [-0.4, -0.2) is 5.75 Å². The highest BCUT2D eigenvalue weighted by Gasteiger charge is 2.09. The van der Waals surface area contributed by atoms with Crippen LogP contribution in [0.15, 0.2) is 47.4 Å². The maximum Gasteiger partial charge on any atom is 0.133 e. The number of nitrogens with two attached hydrogens (primary N) is 1. The zero-order chi connectivity index (χ0) is 13.7. The second kappa shape index (κ2) is 6.85. The Kier molecular flexibility index (Phi) is 5.14. The number of rotatable bonds is 5. The van der Waals surface area contributed by atoms with E-state index in [2.05, 4.69) is 13.0 Å². The van der Waals surface area contributed by atoms with Gasteiger partial charge < -0.3 is 10.5 Å². The first-order valence-corrected chi connectivity index (χ1v) is 7.49. The van der Waals surface area contributed by atoms with Crippen molar-refractivity contribution in [3.8, 4) is 11.5 Å². The highest BCUT2D eigenvalue weighted by atomic mass is 35.5. The number of halogens is 1. The van der Waals surface area contributed by atoms with E-state index in [1.807, 2.05) is 30.3 Å². The van der Waals surface area contributed by atoms with Crippen LogP contribution in [0.2, 0.25) is 5.02 Å². The van der Waals surface area contributed by atoms with Gasteiger partial charge in [0.05, 0.1) is 0 Å². The molecule has 0 aromatic heterocycles. The molecule has 0 aliphatic rings. The largest absolute Gasteiger partial charge is 0.457 e. The molecule has 0 amide bonds. The Hall–Kier alpha value is -1.16. The van der Waals surface area contributed by atoms with Crippen molar-refractivity contribution in [3.05, 3.63) is 53.1 Å². The van der Waals surface area contributed by atoms with E-state index in [9.17, 15) is 0 Å². The topological polar surface area (TPSA) is 35.2 Å². The molecule has 4 heteroatoms. The highest BCUT2D eigenvalue weighted by Crippen LogP contribution is 2.33. The number of hydrogen-bond acceptors (Lipinski definition) is 3. The number of ether oxygens (including phenoxy) is 1. The van der Waals surface area contributed by atoms with Crippen molar-refractivity contribution in [2.45, 2.75) is 18.4 Å². The molecule has 0 atom stereocenters. The van der Waals surface area contributed by atoms with E-state index in [-0.39, 0.29) is 0 Å². The van der Waals surface area contributed by atoms with Crippen molar-refractivity contribution in [1.82, 2.24) is 0 Å². The molecular weight excluding hydrogens is 278 g/mol. The van der Waals surface area contributed by atoms with E-state index in [1.165, 1.54) is 4.90 Å². The molecule has 0 spiro atoms. The average Bonchev–Trinajstić information content (AvgIpc) is 2.39. The molecular formula is C15H16ClNOS. The lowest BCUT2D eigenvalue weighted by Gasteiger charge is -2.13.